The molecule has 0 bridgehead atoms. The van der Waals surface area contributed by atoms with Crippen LogP contribution in [-0.2, 0) is 37.1 Å². The Balaban J connectivity index is 1.34. The number of hydrogen-bond donors (Lipinski definition) is 4. The van der Waals surface area contributed by atoms with E-state index in [2.05, 4.69) is 27.2 Å². The molecule has 2 fully saturated rings. The molecule has 18 nitrogen and oxygen atoms in total. The number of phosphoric acid groups is 1. The molecule has 5 heterocycles. The Morgan fingerprint density at radius 1 is 1.14 bits per heavy atom. The van der Waals surface area contributed by atoms with E-state index < -0.39 is 74.9 Å². The van der Waals surface area contributed by atoms with Crippen LogP contribution in [0.3, 0.4) is 0 Å². The molecule has 234 valence electrons. The summed E-state index contributed by atoms with van der Waals surface area (Å²) in [5.74, 6) is 0.0139. The van der Waals surface area contributed by atoms with Crippen molar-refractivity contribution in [3.63, 3.8) is 0 Å². The van der Waals surface area contributed by atoms with Gasteiger partial charge in [0.2, 0.25) is 0 Å². The van der Waals surface area contributed by atoms with Crippen LogP contribution >= 0.6 is 28.1 Å². The fraction of sp³-hybridized carbons (Fsp3) is 0.500. The second kappa shape index (κ2) is 13.0. The van der Waals surface area contributed by atoms with Gasteiger partial charge in [-0.05, 0) is 0 Å². The number of fused-ring (bicyclic) bond motifs is 1. The van der Waals surface area contributed by atoms with E-state index in [1.807, 2.05) is 4.98 Å². The van der Waals surface area contributed by atoms with Gasteiger partial charge in [0.25, 0.3) is 12.0 Å². The zero-order valence-electron chi connectivity index (χ0n) is 21.4. The second-order valence-electron chi connectivity index (χ2n) is 9.05. The molecule has 0 aromatic carbocycles. The standard InChI is InChI=1S/C20H23F2N7O11P2S/c21-11-9(39-18(14(11)35-7-30)28-2-1-10(31)27-20(28)32)4-37-42(33,34)40-15-12(22)8(3-36-41-43)38-19(15)29-6-26-13-16(23)24-5-25-17(13)29/h1-2,5-9,11-12,14-15,18-19,41,43H,3-4H2,(H,33,34)(H2,23,24,25)(H,27,31,32)/t8-,9-,11-,12-,14-,15-,18-,19-/m1/s1. The number of thiol groups is 1. The van der Waals surface area contributed by atoms with Gasteiger partial charge in [-0.1, -0.05) is 0 Å². The van der Waals surface area contributed by atoms with Gasteiger partial charge in [0.1, 0.15) is 30.2 Å². The number of ether oxygens (including phenoxy) is 3. The summed E-state index contributed by atoms with van der Waals surface area (Å²) in [5.41, 5.74) is 4.32. The summed E-state index contributed by atoms with van der Waals surface area (Å²) in [5, 5.41) is 0. The molecule has 2 saturated heterocycles. The smallest absolute Gasteiger partial charge is 0.456 e. The van der Waals surface area contributed by atoms with Crippen LogP contribution in [0.2, 0.25) is 0 Å². The molecule has 0 radical (unpaired) electrons. The summed E-state index contributed by atoms with van der Waals surface area (Å²) in [6, 6.07) is 0.946. The van der Waals surface area contributed by atoms with E-state index in [1.165, 1.54) is 10.9 Å². The highest BCUT2D eigenvalue weighted by Crippen LogP contribution is 2.51. The Morgan fingerprint density at radius 2 is 1.84 bits per heavy atom. The number of imidazole rings is 1. The van der Waals surface area contributed by atoms with Gasteiger partial charge in [-0.15, -0.1) is 12.2 Å². The number of nitrogens with zero attached hydrogens (tertiary/aromatic N) is 5. The number of alkyl halides is 2. The predicted octanol–water partition coefficient (Wildman–Crippen LogP) is -0.0716. The first kappa shape index (κ1) is 31.6. The van der Waals surface area contributed by atoms with Crippen molar-refractivity contribution in [3.8, 4) is 0 Å². The van der Waals surface area contributed by atoms with Crippen molar-refractivity contribution in [2.75, 3.05) is 18.9 Å². The highest BCUT2D eigenvalue weighted by molar-refractivity contribution is 8.36. The van der Waals surface area contributed by atoms with Crippen LogP contribution in [0.4, 0.5) is 14.6 Å². The molecule has 2 aliphatic rings. The lowest BCUT2D eigenvalue weighted by atomic mass is 10.1. The lowest BCUT2D eigenvalue weighted by Crippen LogP contribution is -2.37. The number of aromatic amines is 1. The van der Waals surface area contributed by atoms with Gasteiger partial charge in [0.05, 0.1) is 27.6 Å². The molecule has 0 aliphatic carbocycles. The maximum atomic E-state index is 15.5. The van der Waals surface area contributed by atoms with Crippen LogP contribution < -0.4 is 17.0 Å². The second-order valence-corrected chi connectivity index (χ2v) is 11.5. The number of aromatic nitrogens is 6. The molecule has 2 aliphatic heterocycles. The Kier molecular flexibility index (Phi) is 9.55. The van der Waals surface area contributed by atoms with Crippen LogP contribution in [0.1, 0.15) is 12.5 Å². The van der Waals surface area contributed by atoms with Crippen molar-refractivity contribution in [2.24, 2.45) is 0 Å². The average Bonchev–Trinajstić information content (AvgIpc) is 3.62. The Labute approximate surface area is 245 Å². The first-order valence-electron chi connectivity index (χ1n) is 12.1. The molecular weight excluding hydrogens is 646 g/mol. The largest absolute Gasteiger partial charge is 0.472 e. The fourth-order valence-electron chi connectivity index (χ4n) is 4.58. The molecule has 23 heteroatoms. The predicted molar refractivity (Wildman–Crippen MR) is 144 cm³/mol. The zero-order chi connectivity index (χ0) is 30.9. The van der Waals surface area contributed by atoms with E-state index in [0.717, 1.165) is 23.2 Å². The molecule has 0 amide bonds. The number of anilines is 1. The number of phosphoric ester groups is 1. The molecule has 2 unspecified atom stereocenters. The number of carbonyl (C=O) groups excluding carboxylic acids is 1. The molecule has 0 spiro atoms. The highest BCUT2D eigenvalue weighted by atomic mass is 32.7. The molecule has 3 aromatic heterocycles. The van der Waals surface area contributed by atoms with Crippen LogP contribution in [0, 0.1) is 0 Å². The van der Waals surface area contributed by atoms with Crippen molar-refractivity contribution in [1.82, 2.24) is 29.1 Å². The zero-order valence-corrected chi connectivity index (χ0v) is 24.2. The molecule has 3 aromatic rings. The SMILES string of the molecule is Nc1ncnc2c1ncn2[C@@H]1O[C@H](COPS)[C@@H](F)[C@H]1OP(=O)(O)OC[C@H]1O[C@@H](n2ccc(=O)[nH]c2=O)[C@H](OC=O)[C@@H]1F. The van der Waals surface area contributed by atoms with E-state index in [1.54, 1.807) is 0 Å². The van der Waals surface area contributed by atoms with Gasteiger partial charge < -0.3 is 29.4 Å². The van der Waals surface area contributed by atoms with E-state index in [4.69, 9.17) is 33.5 Å². The molecule has 0 saturated carbocycles. The van der Waals surface area contributed by atoms with Crippen LogP contribution in [0.5, 0.6) is 0 Å². The van der Waals surface area contributed by atoms with Crippen molar-refractivity contribution in [2.45, 2.75) is 49.2 Å². The quantitative estimate of drug-likeness (QED) is 0.112. The fourth-order valence-corrected chi connectivity index (χ4v) is 5.97. The molecule has 10 atom stereocenters. The minimum Gasteiger partial charge on any atom is -0.456 e. The number of carbonyl (C=O) groups is 1. The summed E-state index contributed by atoms with van der Waals surface area (Å²) in [6.07, 6.45) is -10.4. The van der Waals surface area contributed by atoms with Gasteiger partial charge in [-0.2, -0.15) is 0 Å². The molecule has 5 rings (SSSR count). The van der Waals surface area contributed by atoms with Gasteiger partial charge in [-0.3, -0.25) is 32.8 Å². The average molecular weight is 669 g/mol. The minimum atomic E-state index is -5.20. The summed E-state index contributed by atoms with van der Waals surface area (Å²) in [4.78, 5) is 59.0. The number of rotatable bonds is 12. The highest BCUT2D eigenvalue weighted by Gasteiger charge is 2.52. The Morgan fingerprint density at radius 3 is 2.53 bits per heavy atom. The topological polar surface area (TPSA) is 234 Å². The number of hydrogen-bond acceptors (Lipinski definition) is 15. The van der Waals surface area contributed by atoms with Crippen LogP contribution in [-0.4, -0.2) is 90.4 Å². The van der Waals surface area contributed by atoms with E-state index in [0.29, 0.717) is 0 Å². The third-order valence-electron chi connectivity index (χ3n) is 6.50. The van der Waals surface area contributed by atoms with Crippen LogP contribution in [0.15, 0.2) is 34.5 Å². The number of halogens is 2. The number of H-pyrrole nitrogens is 1. The lowest BCUT2D eigenvalue weighted by molar-refractivity contribution is -0.141. The van der Waals surface area contributed by atoms with Gasteiger partial charge in [-0.25, -0.2) is 33.1 Å². The lowest BCUT2D eigenvalue weighted by Gasteiger charge is -2.24. The van der Waals surface area contributed by atoms with Crippen molar-refractivity contribution in [3.05, 3.63) is 45.8 Å². The maximum absolute atomic E-state index is 15.5. The normalized spacial score (nSPS) is 30.7. The van der Waals surface area contributed by atoms with Gasteiger partial charge in [0.15, 0.2) is 42.4 Å². The van der Waals surface area contributed by atoms with Crippen LogP contribution in [0.25, 0.3) is 11.2 Å². The monoisotopic (exact) mass is 669 g/mol. The van der Waals surface area contributed by atoms with E-state index in [-0.39, 0.29) is 38.1 Å². The number of nitrogens with two attached hydrogens (primary N) is 1. The first-order valence-corrected chi connectivity index (χ1v) is 15.8. The summed E-state index contributed by atoms with van der Waals surface area (Å²) in [7, 11) is -5.51. The molecular formula is C20H23F2N7O11P2S. The third-order valence-corrected chi connectivity index (χ3v) is 8.17. The van der Waals surface area contributed by atoms with Gasteiger partial charge >= 0.3 is 13.5 Å². The minimum absolute atomic E-state index is 0.0139. The first-order chi connectivity index (χ1) is 20.5. The van der Waals surface area contributed by atoms with Crippen molar-refractivity contribution < 1.29 is 50.8 Å². The summed E-state index contributed by atoms with van der Waals surface area (Å²) in [6.45, 7) is -1.34. The number of nitrogen functional groups attached to an aromatic ring is 1. The third kappa shape index (κ3) is 6.50. The Hall–Kier alpha value is -2.87. The number of nitrogens with one attached hydrogen (secondary N) is 1. The molecule has 43 heavy (non-hydrogen) atoms. The van der Waals surface area contributed by atoms with Crippen molar-refractivity contribution >= 4 is 51.5 Å². The summed E-state index contributed by atoms with van der Waals surface area (Å²) < 4.78 is 76.9. The maximum Gasteiger partial charge on any atom is 0.472 e. The van der Waals surface area contributed by atoms with E-state index >= 15 is 8.78 Å². The summed E-state index contributed by atoms with van der Waals surface area (Å²) >= 11 is 3.93. The molecule has 4 N–H and O–H groups in total. The van der Waals surface area contributed by atoms with Gasteiger partial charge in [0, 0.05) is 12.3 Å². The van der Waals surface area contributed by atoms with Crippen molar-refractivity contribution in [1.29, 1.82) is 0 Å². The Bertz CT molecular complexity index is 1630. The van der Waals surface area contributed by atoms with E-state index in [9.17, 15) is 23.8 Å².